The molecule has 0 saturated carbocycles. The predicted molar refractivity (Wildman–Crippen MR) is 90.1 cm³/mol. The Hall–Kier alpha value is -2.88. The molecule has 1 aromatic heterocycles. The van der Waals surface area contributed by atoms with Gasteiger partial charge in [-0.3, -0.25) is 9.78 Å². The van der Waals surface area contributed by atoms with Crippen molar-refractivity contribution in [3.8, 4) is 5.75 Å². The summed E-state index contributed by atoms with van der Waals surface area (Å²) < 4.78 is 5.51. The van der Waals surface area contributed by atoms with Gasteiger partial charge in [-0.05, 0) is 24.3 Å². The maximum Gasteiger partial charge on any atom is 0.223 e. The molecule has 0 aliphatic carbocycles. The molecule has 4 heteroatoms. The van der Waals surface area contributed by atoms with Crippen molar-refractivity contribution in [2.24, 2.45) is 0 Å². The average Bonchev–Trinajstić information content (AvgIpc) is 2.61. The molecule has 0 bridgehead atoms. The van der Waals surface area contributed by atoms with E-state index < -0.39 is 0 Å². The van der Waals surface area contributed by atoms with E-state index in [0.29, 0.717) is 19.6 Å². The quantitative estimate of drug-likeness (QED) is 0.760. The van der Waals surface area contributed by atoms with Gasteiger partial charge in [0.1, 0.15) is 5.75 Å². The maximum atomic E-state index is 11.9. The van der Waals surface area contributed by atoms with Crippen LogP contribution in [0.4, 0.5) is 0 Å². The fourth-order valence-electron chi connectivity index (χ4n) is 2.26. The predicted octanol–water partition coefficient (Wildman–Crippen LogP) is 3.32. The first-order valence-corrected chi connectivity index (χ1v) is 7.60. The van der Waals surface area contributed by atoms with Crippen molar-refractivity contribution in [3.05, 3.63) is 72.4 Å². The lowest BCUT2D eigenvalue weighted by Crippen LogP contribution is -2.24. The number of pyridine rings is 1. The van der Waals surface area contributed by atoms with E-state index in [1.54, 1.807) is 0 Å². The fourth-order valence-corrected chi connectivity index (χ4v) is 2.26. The summed E-state index contributed by atoms with van der Waals surface area (Å²) >= 11 is 0. The monoisotopic (exact) mass is 306 g/mol. The summed E-state index contributed by atoms with van der Waals surface area (Å²) in [5.74, 6) is 0.729. The Morgan fingerprint density at radius 3 is 2.61 bits per heavy atom. The Labute approximate surface area is 135 Å². The van der Waals surface area contributed by atoms with E-state index in [-0.39, 0.29) is 5.91 Å². The van der Waals surface area contributed by atoms with E-state index >= 15 is 0 Å². The summed E-state index contributed by atoms with van der Waals surface area (Å²) in [6.45, 7) is 0.788. The first-order chi connectivity index (χ1) is 11.3. The number of benzene rings is 2. The van der Waals surface area contributed by atoms with Crippen molar-refractivity contribution in [2.75, 3.05) is 6.61 Å². The van der Waals surface area contributed by atoms with Crippen LogP contribution in [0.25, 0.3) is 10.9 Å². The normalized spacial score (nSPS) is 10.4. The smallest absolute Gasteiger partial charge is 0.223 e. The van der Waals surface area contributed by atoms with Crippen LogP contribution in [-0.4, -0.2) is 17.5 Å². The number of carbonyl (C=O) groups is 1. The molecule has 0 aliphatic rings. The number of para-hydroxylation sites is 2. The molecule has 3 rings (SSSR count). The molecule has 1 amide bonds. The number of amides is 1. The van der Waals surface area contributed by atoms with Crippen LogP contribution in [0, 0.1) is 0 Å². The van der Waals surface area contributed by atoms with Gasteiger partial charge in [0.2, 0.25) is 5.91 Å². The highest BCUT2D eigenvalue weighted by atomic mass is 16.5. The Balaban J connectivity index is 1.46. The Morgan fingerprint density at radius 1 is 0.957 bits per heavy atom. The summed E-state index contributed by atoms with van der Waals surface area (Å²) in [6.07, 6.45) is 0.322. The molecule has 0 saturated heterocycles. The third kappa shape index (κ3) is 4.30. The zero-order valence-corrected chi connectivity index (χ0v) is 12.7. The molecule has 3 aromatic rings. The number of rotatable bonds is 6. The molecular formula is C19H18N2O2. The summed E-state index contributed by atoms with van der Waals surface area (Å²) in [7, 11) is 0. The SMILES string of the molecule is O=C(CCOc1ccccc1)NCc1ccc2ccccc2n1. The number of hydrogen-bond donors (Lipinski definition) is 1. The minimum Gasteiger partial charge on any atom is -0.493 e. The van der Waals surface area contributed by atoms with Gasteiger partial charge in [-0.15, -0.1) is 0 Å². The van der Waals surface area contributed by atoms with Gasteiger partial charge in [0, 0.05) is 5.39 Å². The maximum absolute atomic E-state index is 11.9. The highest BCUT2D eigenvalue weighted by molar-refractivity contribution is 5.79. The van der Waals surface area contributed by atoms with E-state index in [1.165, 1.54) is 0 Å². The zero-order valence-electron chi connectivity index (χ0n) is 12.7. The number of nitrogens with one attached hydrogen (secondary N) is 1. The van der Waals surface area contributed by atoms with Crippen molar-refractivity contribution >= 4 is 16.8 Å². The fraction of sp³-hybridized carbons (Fsp3) is 0.158. The third-order valence-corrected chi connectivity index (χ3v) is 3.46. The van der Waals surface area contributed by atoms with Crippen molar-refractivity contribution in [1.82, 2.24) is 10.3 Å². The largest absolute Gasteiger partial charge is 0.493 e. The number of nitrogens with zero attached hydrogens (tertiary/aromatic N) is 1. The van der Waals surface area contributed by atoms with Gasteiger partial charge in [0.05, 0.1) is 30.8 Å². The van der Waals surface area contributed by atoms with Crippen LogP contribution in [0.15, 0.2) is 66.7 Å². The first kappa shape index (κ1) is 15.0. The molecule has 116 valence electrons. The number of hydrogen-bond acceptors (Lipinski definition) is 3. The lowest BCUT2D eigenvalue weighted by molar-refractivity contribution is -0.121. The molecule has 0 unspecified atom stereocenters. The van der Waals surface area contributed by atoms with Crippen LogP contribution in [-0.2, 0) is 11.3 Å². The number of carbonyl (C=O) groups excluding carboxylic acids is 1. The minimum absolute atomic E-state index is 0.0455. The van der Waals surface area contributed by atoms with Crippen LogP contribution in [0.3, 0.4) is 0 Å². The second-order valence-electron chi connectivity index (χ2n) is 5.18. The lowest BCUT2D eigenvalue weighted by Gasteiger charge is -2.07. The van der Waals surface area contributed by atoms with E-state index in [0.717, 1.165) is 22.3 Å². The molecule has 1 N–H and O–H groups in total. The first-order valence-electron chi connectivity index (χ1n) is 7.60. The molecule has 23 heavy (non-hydrogen) atoms. The topological polar surface area (TPSA) is 51.2 Å². The highest BCUT2D eigenvalue weighted by Gasteiger charge is 2.03. The van der Waals surface area contributed by atoms with Gasteiger partial charge in [0.25, 0.3) is 0 Å². The second kappa shape index (κ2) is 7.40. The molecule has 0 fully saturated rings. The minimum atomic E-state index is -0.0455. The van der Waals surface area contributed by atoms with Gasteiger partial charge in [-0.2, -0.15) is 0 Å². The molecule has 4 nitrogen and oxygen atoms in total. The van der Waals surface area contributed by atoms with Crippen LogP contribution in [0.1, 0.15) is 12.1 Å². The van der Waals surface area contributed by atoms with E-state index in [1.807, 2.05) is 66.7 Å². The molecule has 0 atom stereocenters. The van der Waals surface area contributed by atoms with E-state index in [9.17, 15) is 4.79 Å². The van der Waals surface area contributed by atoms with Gasteiger partial charge in [-0.25, -0.2) is 0 Å². The summed E-state index contributed by atoms with van der Waals surface area (Å²) in [6, 6.07) is 21.4. The summed E-state index contributed by atoms with van der Waals surface area (Å²) in [5.41, 5.74) is 1.78. The van der Waals surface area contributed by atoms with Crippen LogP contribution in [0.2, 0.25) is 0 Å². The second-order valence-corrected chi connectivity index (χ2v) is 5.18. The van der Waals surface area contributed by atoms with Gasteiger partial charge >= 0.3 is 0 Å². The van der Waals surface area contributed by atoms with E-state index in [4.69, 9.17) is 4.74 Å². The Bertz CT molecular complexity index is 787. The third-order valence-electron chi connectivity index (χ3n) is 3.46. The summed E-state index contributed by atoms with van der Waals surface area (Å²) in [4.78, 5) is 16.4. The standard InChI is InChI=1S/C19H18N2O2/c22-19(12-13-23-17-7-2-1-3-8-17)20-14-16-11-10-15-6-4-5-9-18(15)21-16/h1-11H,12-14H2,(H,20,22). The molecule has 2 aromatic carbocycles. The van der Waals surface area contributed by atoms with Gasteiger partial charge < -0.3 is 10.1 Å². The molecule has 0 radical (unpaired) electrons. The zero-order chi connectivity index (χ0) is 15.9. The number of ether oxygens (including phenoxy) is 1. The lowest BCUT2D eigenvalue weighted by atomic mass is 10.2. The van der Waals surface area contributed by atoms with Gasteiger partial charge in [0.15, 0.2) is 0 Å². The van der Waals surface area contributed by atoms with Crippen LogP contribution in [0.5, 0.6) is 5.75 Å². The van der Waals surface area contributed by atoms with Crippen molar-refractivity contribution in [1.29, 1.82) is 0 Å². The van der Waals surface area contributed by atoms with Crippen LogP contribution < -0.4 is 10.1 Å². The molecular weight excluding hydrogens is 288 g/mol. The highest BCUT2D eigenvalue weighted by Crippen LogP contribution is 2.11. The molecule has 0 spiro atoms. The molecule has 0 aliphatic heterocycles. The van der Waals surface area contributed by atoms with E-state index in [2.05, 4.69) is 10.3 Å². The van der Waals surface area contributed by atoms with Gasteiger partial charge in [-0.1, -0.05) is 42.5 Å². The van der Waals surface area contributed by atoms with Crippen molar-refractivity contribution < 1.29 is 9.53 Å². The Kier molecular flexibility index (Phi) is 4.84. The average molecular weight is 306 g/mol. The Morgan fingerprint density at radius 2 is 1.74 bits per heavy atom. The number of fused-ring (bicyclic) bond motifs is 1. The summed E-state index contributed by atoms with van der Waals surface area (Å²) in [5, 5.41) is 3.96. The van der Waals surface area contributed by atoms with Crippen LogP contribution >= 0.6 is 0 Å². The van der Waals surface area contributed by atoms with Crippen molar-refractivity contribution in [3.63, 3.8) is 0 Å². The molecule has 1 heterocycles. The number of aromatic nitrogens is 1. The van der Waals surface area contributed by atoms with Crippen molar-refractivity contribution in [2.45, 2.75) is 13.0 Å².